The molecule has 6 heteroatoms. The van der Waals surface area contributed by atoms with Gasteiger partial charge in [-0.05, 0) is 41.8 Å². The zero-order chi connectivity index (χ0) is 17.5. The monoisotopic (exact) mass is 367 g/mol. The summed E-state index contributed by atoms with van der Waals surface area (Å²) in [6.45, 7) is 0.376. The van der Waals surface area contributed by atoms with E-state index in [0.29, 0.717) is 40.9 Å². The van der Waals surface area contributed by atoms with Crippen molar-refractivity contribution in [3.8, 4) is 11.5 Å². The number of ether oxygens (including phenoxy) is 2. The maximum absolute atomic E-state index is 12.0. The quantitative estimate of drug-likeness (QED) is 0.795. The number of aryl methyl sites for hydroxylation is 1. The first-order valence-electron chi connectivity index (χ1n) is 7.45. The minimum atomic E-state index is -0.0456. The molecule has 0 atom stereocenters. The molecule has 0 aliphatic heterocycles. The van der Waals surface area contributed by atoms with Gasteiger partial charge in [-0.2, -0.15) is 0 Å². The van der Waals surface area contributed by atoms with Crippen LogP contribution in [0.1, 0.15) is 17.5 Å². The lowest BCUT2D eigenvalue weighted by atomic mass is 10.1. The van der Waals surface area contributed by atoms with E-state index < -0.39 is 0 Å². The number of carbonyl (C=O) groups is 1. The summed E-state index contributed by atoms with van der Waals surface area (Å²) in [7, 11) is 3.18. The lowest BCUT2D eigenvalue weighted by Gasteiger charge is -2.10. The summed E-state index contributed by atoms with van der Waals surface area (Å²) in [6, 6.07) is 10.8. The molecule has 0 bridgehead atoms. The van der Waals surface area contributed by atoms with Crippen molar-refractivity contribution in [2.24, 2.45) is 0 Å². The Hall–Kier alpha value is -1.91. The number of methoxy groups -OCH3 is 2. The fraction of sp³-hybridized carbons (Fsp3) is 0.278. The Morgan fingerprint density at radius 2 is 1.79 bits per heavy atom. The van der Waals surface area contributed by atoms with E-state index in [1.165, 1.54) is 0 Å². The Kier molecular flexibility index (Phi) is 6.76. The Morgan fingerprint density at radius 1 is 1.04 bits per heavy atom. The van der Waals surface area contributed by atoms with E-state index in [1.807, 2.05) is 18.2 Å². The molecule has 128 valence electrons. The Morgan fingerprint density at radius 3 is 2.46 bits per heavy atom. The molecule has 2 aromatic rings. The minimum absolute atomic E-state index is 0.0456. The summed E-state index contributed by atoms with van der Waals surface area (Å²) < 4.78 is 10.5. The van der Waals surface area contributed by atoms with Crippen molar-refractivity contribution < 1.29 is 14.3 Å². The van der Waals surface area contributed by atoms with Crippen molar-refractivity contribution in [2.45, 2.75) is 19.4 Å². The molecule has 1 N–H and O–H groups in total. The van der Waals surface area contributed by atoms with E-state index in [4.69, 9.17) is 32.7 Å². The third-order valence-corrected chi connectivity index (χ3v) is 4.17. The van der Waals surface area contributed by atoms with Crippen molar-refractivity contribution >= 4 is 29.1 Å². The highest BCUT2D eigenvalue weighted by Gasteiger charge is 2.08. The summed E-state index contributed by atoms with van der Waals surface area (Å²) in [6.07, 6.45) is 0.987. The molecule has 0 saturated heterocycles. The molecule has 2 rings (SSSR count). The molecule has 0 aliphatic carbocycles. The van der Waals surface area contributed by atoms with E-state index in [9.17, 15) is 4.79 Å². The van der Waals surface area contributed by atoms with E-state index in [-0.39, 0.29) is 5.91 Å². The molecule has 0 heterocycles. The summed E-state index contributed by atoms with van der Waals surface area (Å²) in [4.78, 5) is 12.0. The summed E-state index contributed by atoms with van der Waals surface area (Å²) in [5, 5.41) is 3.98. The highest BCUT2D eigenvalue weighted by Crippen LogP contribution is 2.28. The average Bonchev–Trinajstić information content (AvgIpc) is 2.58. The molecule has 0 unspecified atom stereocenters. The van der Waals surface area contributed by atoms with Crippen LogP contribution in [0.25, 0.3) is 0 Å². The molecular weight excluding hydrogens is 349 g/mol. The van der Waals surface area contributed by atoms with Gasteiger partial charge in [0.15, 0.2) is 11.5 Å². The van der Waals surface area contributed by atoms with Crippen LogP contribution < -0.4 is 14.8 Å². The predicted molar refractivity (Wildman–Crippen MR) is 96.2 cm³/mol. The van der Waals surface area contributed by atoms with Crippen LogP contribution in [-0.2, 0) is 17.8 Å². The molecular formula is C18H19Cl2NO3. The zero-order valence-corrected chi connectivity index (χ0v) is 15.1. The van der Waals surface area contributed by atoms with Gasteiger partial charge < -0.3 is 14.8 Å². The van der Waals surface area contributed by atoms with Crippen molar-refractivity contribution in [2.75, 3.05) is 14.2 Å². The van der Waals surface area contributed by atoms with Gasteiger partial charge in [-0.1, -0.05) is 35.3 Å². The molecule has 2 aromatic carbocycles. The van der Waals surface area contributed by atoms with Crippen LogP contribution in [0, 0.1) is 0 Å². The van der Waals surface area contributed by atoms with Gasteiger partial charge in [0.1, 0.15) is 0 Å². The van der Waals surface area contributed by atoms with E-state index >= 15 is 0 Å². The number of amides is 1. The number of rotatable bonds is 7. The van der Waals surface area contributed by atoms with Crippen LogP contribution in [0.4, 0.5) is 0 Å². The zero-order valence-electron chi connectivity index (χ0n) is 13.6. The predicted octanol–water partition coefficient (Wildman–Crippen LogP) is 4.26. The second-order valence-electron chi connectivity index (χ2n) is 5.20. The van der Waals surface area contributed by atoms with Gasteiger partial charge in [-0.25, -0.2) is 0 Å². The molecule has 0 aromatic heterocycles. The second-order valence-corrected chi connectivity index (χ2v) is 6.05. The van der Waals surface area contributed by atoms with Gasteiger partial charge in [-0.3, -0.25) is 4.79 Å². The number of halogens is 2. The third kappa shape index (κ3) is 5.05. The molecule has 0 radical (unpaired) electrons. The van der Waals surface area contributed by atoms with Crippen LogP contribution in [0.5, 0.6) is 11.5 Å². The topological polar surface area (TPSA) is 47.6 Å². The van der Waals surface area contributed by atoms with Crippen molar-refractivity contribution in [1.29, 1.82) is 0 Å². The van der Waals surface area contributed by atoms with Crippen molar-refractivity contribution in [3.05, 3.63) is 57.6 Å². The molecule has 0 aliphatic rings. The highest BCUT2D eigenvalue weighted by molar-refractivity contribution is 6.35. The fourth-order valence-corrected chi connectivity index (χ4v) is 2.72. The van der Waals surface area contributed by atoms with Gasteiger partial charge in [0.25, 0.3) is 0 Å². The van der Waals surface area contributed by atoms with E-state index in [2.05, 4.69) is 5.32 Å². The lowest BCUT2D eigenvalue weighted by Crippen LogP contribution is -2.23. The maximum Gasteiger partial charge on any atom is 0.220 e. The smallest absolute Gasteiger partial charge is 0.220 e. The largest absolute Gasteiger partial charge is 0.493 e. The highest BCUT2D eigenvalue weighted by atomic mass is 35.5. The van der Waals surface area contributed by atoms with Crippen LogP contribution >= 0.6 is 23.2 Å². The van der Waals surface area contributed by atoms with Gasteiger partial charge in [0, 0.05) is 23.0 Å². The van der Waals surface area contributed by atoms with Crippen LogP contribution in [-0.4, -0.2) is 20.1 Å². The molecule has 0 fully saturated rings. The summed E-state index contributed by atoms with van der Waals surface area (Å²) in [5.41, 5.74) is 1.84. The van der Waals surface area contributed by atoms with E-state index in [1.54, 1.807) is 32.4 Å². The SMILES string of the molecule is COc1ccc(CCC(=O)NCc2ccc(Cl)cc2Cl)cc1OC. The standard InChI is InChI=1S/C18H19Cl2NO3/c1-23-16-7-3-12(9-17(16)24-2)4-8-18(22)21-11-13-5-6-14(19)10-15(13)20/h3,5-7,9-10H,4,8,11H2,1-2H3,(H,21,22). The molecule has 0 spiro atoms. The first kappa shape index (κ1) is 18.4. The van der Waals surface area contributed by atoms with Gasteiger partial charge in [0.05, 0.1) is 14.2 Å². The van der Waals surface area contributed by atoms with Crippen molar-refractivity contribution in [3.63, 3.8) is 0 Å². The first-order chi connectivity index (χ1) is 11.5. The van der Waals surface area contributed by atoms with E-state index in [0.717, 1.165) is 11.1 Å². The first-order valence-corrected chi connectivity index (χ1v) is 8.20. The molecule has 24 heavy (non-hydrogen) atoms. The Labute approximate surface area is 151 Å². The van der Waals surface area contributed by atoms with Crippen LogP contribution in [0.3, 0.4) is 0 Å². The van der Waals surface area contributed by atoms with Crippen molar-refractivity contribution in [1.82, 2.24) is 5.32 Å². The molecule has 0 saturated carbocycles. The Bertz CT molecular complexity index is 719. The molecule has 4 nitrogen and oxygen atoms in total. The third-order valence-electron chi connectivity index (χ3n) is 3.58. The van der Waals surface area contributed by atoms with Crippen LogP contribution in [0.2, 0.25) is 10.0 Å². The summed E-state index contributed by atoms with van der Waals surface area (Å²) >= 11 is 11.9. The Balaban J connectivity index is 1.87. The number of nitrogens with one attached hydrogen (secondary N) is 1. The lowest BCUT2D eigenvalue weighted by molar-refractivity contribution is -0.121. The molecule has 1 amide bonds. The van der Waals surface area contributed by atoms with Gasteiger partial charge >= 0.3 is 0 Å². The second kappa shape index (κ2) is 8.81. The summed E-state index contributed by atoms with van der Waals surface area (Å²) in [5.74, 6) is 1.28. The van der Waals surface area contributed by atoms with Crippen LogP contribution in [0.15, 0.2) is 36.4 Å². The fourth-order valence-electron chi connectivity index (χ4n) is 2.24. The minimum Gasteiger partial charge on any atom is -0.493 e. The number of benzene rings is 2. The van der Waals surface area contributed by atoms with Gasteiger partial charge in [-0.15, -0.1) is 0 Å². The number of hydrogen-bond acceptors (Lipinski definition) is 3. The number of carbonyl (C=O) groups excluding carboxylic acids is 1. The van der Waals surface area contributed by atoms with Gasteiger partial charge in [0.2, 0.25) is 5.91 Å². The maximum atomic E-state index is 12.0. The normalized spacial score (nSPS) is 10.3. The number of hydrogen-bond donors (Lipinski definition) is 1. The average molecular weight is 368 g/mol.